The van der Waals surface area contributed by atoms with Gasteiger partial charge in [-0.15, -0.1) is 0 Å². The van der Waals surface area contributed by atoms with Crippen LogP contribution in [0.3, 0.4) is 0 Å². The molecule has 2 aliphatic rings. The molecule has 3 heteroatoms. The Morgan fingerprint density at radius 3 is 3.00 bits per heavy atom. The molecule has 1 unspecified atom stereocenters. The quantitative estimate of drug-likeness (QED) is 0.538. The fourth-order valence-corrected chi connectivity index (χ4v) is 1.86. The van der Waals surface area contributed by atoms with Crippen LogP contribution in [0.5, 0.6) is 0 Å². The van der Waals surface area contributed by atoms with E-state index in [1.54, 1.807) is 6.08 Å². The number of carbonyl (C=O) groups is 2. The largest absolute Gasteiger partial charge is 0.462 e. The highest BCUT2D eigenvalue weighted by molar-refractivity contribution is 5.95. The van der Waals surface area contributed by atoms with E-state index in [4.69, 9.17) is 4.74 Å². The predicted octanol–water partition coefficient (Wildman–Crippen LogP) is 0.693. The number of hydrogen-bond acceptors (Lipinski definition) is 3. The van der Waals surface area contributed by atoms with Crippen LogP contribution in [0.15, 0.2) is 12.2 Å². The van der Waals surface area contributed by atoms with Crippen LogP contribution in [0.2, 0.25) is 0 Å². The van der Waals surface area contributed by atoms with Gasteiger partial charge in [0.1, 0.15) is 6.10 Å². The molecule has 1 saturated carbocycles. The first kappa shape index (κ1) is 7.53. The van der Waals surface area contributed by atoms with Crippen molar-refractivity contribution in [2.24, 2.45) is 11.8 Å². The number of ketones is 1. The molecule has 0 aliphatic heterocycles. The molecule has 0 radical (unpaired) electrons. The number of carbonyl (C=O) groups excluding carboxylic acids is 2. The molecule has 0 heterocycles. The van der Waals surface area contributed by atoms with Gasteiger partial charge in [-0.3, -0.25) is 9.59 Å². The first-order chi connectivity index (χ1) is 5.68. The zero-order valence-corrected chi connectivity index (χ0v) is 6.82. The predicted molar refractivity (Wildman–Crippen MR) is 41.3 cm³/mol. The Labute approximate surface area is 70.4 Å². The second-order valence-corrected chi connectivity index (χ2v) is 3.33. The van der Waals surface area contributed by atoms with Crippen molar-refractivity contribution in [1.82, 2.24) is 0 Å². The summed E-state index contributed by atoms with van der Waals surface area (Å²) in [7, 11) is 0. The summed E-state index contributed by atoms with van der Waals surface area (Å²) >= 11 is 0. The first-order valence-electron chi connectivity index (χ1n) is 4.08. The molecule has 1 fully saturated rings. The monoisotopic (exact) mass is 166 g/mol. The Morgan fingerprint density at radius 1 is 1.67 bits per heavy atom. The Kier molecular flexibility index (Phi) is 1.53. The van der Waals surface area contributed by atoms with Crippen LogP contribution in [0.25, 0.3) is 0 Å². The van der Waals surface area contributed by atoms with Gasteiger partial charge >= 0.3 is 5.97 Å². The van der Waals surface area contributed by atoms with Crippen LogP contribution in [-0.4, -0.2) is 17.9 Å². The summed E-state index contributed by atoms with van der Waals surface area (Å²) in [6.45, 7) is 1.40. The van der Waals surface area contributed by atoms with Crippen LogP contribution in [-0.2, 0) is 14.3 Å². The Balaban J connectivity index is 1.97. The number of esters is 1. The highest BCUT2D eigenvalue weighted by Gasteiger charge is 2.47. The normalized spacial score (nSPS) is 37.4. The number of fused-ring (bicyclic) bond motifs is 1. The summed E-state index contributed by atoms with van der Waals surface area (Å²) < 4.78 is 5.01. The van der Waals surface area contributed by atoms with Crippen molar-refractivity contribution in [2.45, 2.75) is 19.4 Å². The molecule has 0 bridgehead atoms. The van der Waals surface area contributed by atoms with Gasteiger partial charge in [-0.25, -0.2) is 0 Å². The van der Waals surface area contributed by atoms with Gasteiger partial charge in [0, 0.05) is 18.8 Å². The molecular formula is C9H10O3. The number of rotatable bonds is 1. The van der Waals surface area contributed by atoms with Gasteiger partial charge in [0.05, 0.1) is 0 Å². The van der Waals surface area contributed by atoms with Gasteiger partial charge in [-0.05, 0) is 12.5 Å². The van der Waals surface area contributed by atoms with E-state index >= 15 is 0 Å². The average molecular weight is 166 g/mol. The Morgan fingerprint density at radius 2 is 2.42 bits per heavy atom. The molecule has 12 heavy (non-hydrogen) atoms. The highest BCUT2D eigenvalue weighted by atomic mass is 16.5. The van der Waals surface area contributed by atoms with E-state index < -0.39 is 0 Å². The molecule has 0 aromatic rings. The van der Waals surface area contributed by atoms with Crippen molar-refractivity contribution in [3.8, 4) is 0 Å². The van der Waals surface area contributed by atoms with Crippen molar-refractivity contribution >= 4 is 11.8 Å². The maximum absolute atomic E-state index is 11.0. The lowest BCUT2D eigenvalue weighted by atomic mass is 9.73. The van der Waals surface area contributed by atoms with Crippen molar-refractivity contribution in [1.29, 1.82) is 0 Å². The fourth-order valence-electron chi connectivity index (χ4n) is 1.86. The molecule has 2 rings (SSSR count). The SMILES string of the molecule is CC(=O)OC1C[C@@H]2C(=O)C=C[C@H]12. The smallest absolute Gasteiger partial charge is 0.302 e. The molecule has 0 aromatic heterocycles. The highest BCUT2D eigenvalue weighted by Crippen LogP contribution is 2.42. The Bertz CT molecular complexity index is 267. The third-order valence-corrected chi connectivity index (χ3v) is 2.55. The van der Waals surface area contributed by atoms with Crippen LogP contribution >= 0.6 is 0 Å². The van der Waals surface area contributed by atoms with E-state index in [2.05, 4.69) is 0 Å². The molecule has 0 aromatic carbocycles. The van der Waals surface area contributed by atoms with E-state index in [1.165, 1.54) is 6.92 Å². The lowest BCUT2D eigenvalue weighted by Crippen LogP contribution is -2.43. The maximum Gasteiger partial charge on any atom is 0.302 e. The molecule has 0 amide bonds. The third kappa shape index (κ3) is 0.967. The zero-order chi connectivity index (χ0) is 8.72. The molecule has 0 N–H and O–H groups in total. The van der Waals surface area contributed by atoms with Gasteiger partial charge in [0.25, 0.3) is 0 Å². The van der Waals surface area contributed by atoms with Crippen LogP contribution in [0.4, 0.5) is 0 Å². The number of allylic oxidation sites excluding steroid dienone is 1. The maximum atomic E-state index is 11.0. The van der Waals surface area contributed by atoms with Gasteiger partial charge in [0.2, 0.25) is 0 Å². The first-order valence-corrected chi connectivity index (χ1v) is 4.08. The summed E-state index contributed by atoms with van der Waals surface area (Å²) in [6.07, 6.45) is 4.11. The van der Waals surface area contributed by atoms with Gasteiger partial charge < -0.3 is 4.74 Å². The standard InChI is InChI=1S/C9H10O3/c1-5(10)12-9-4-7-6(9)2-3-8(7)11/h2-3,6-7,9H,4H2,1H3/t6-,7-,9?/m0/s1. The summed E-state index contributed by atoms with van der Waals surface area (Å²) in [5, 5.41) is 0. The fraction of sp³-hybridized carbons (Fsp3) is 0.556. The van der Waals surface area contributed by atoms with E-state index in [9.17, 15) is 9.59 Å². The van der Waals surface area contributed by atoms with E-state index in [0.29, 0.717) is 6.42 Å². The average Bonchev–Trinajstić information content (AvgIpc) is 2.22. The molecule has 2 aliphatic carbocycles. The Hall–Kier alpha value is -1.12. The van der Waals surface area contributed by atoms with Crippen LogP contribution < -0.4 is 0 Å². The molecule has 64 valence electrons. The van der Waals surface area contributed by atoms with E-state index in [0.717, 1.165) is 0 Å². The van der Waals surface area contributed by atoms with E-state index in [1.807, 2.05) is 6.08 Å². The van der Waals surface area contributed by atoms with Crippen molar-refractivity contribution in [3.63, 3.8) is 0 Å². The lowest BCUT2D eigenvalue weighted by Gasteiger charge is -2.37. The van der Waals surface area contributed by atoms with Gasteiger partial charge in [0.15, 0.2) is 5.78 Å². The van der Waals surface area contributed by atoms with Crippen molar-refractivity contribution in [3.05, 3.63) is 12.2 Å². The molecule has 3 atom stereocenters. The molecule has 3 nitrogen and oxygen atoms in total. The van der Waals surface area contributed by atoms with Crippen molar-refractivity contribution < 1.29 is 14.3 Å². The minimum Gasteiger partial charge on any atom is -0.462 e. The number of hydrogen-bond donors (Lipinski definition) is 0. The second kappa shape index (κ2) is 2.44. The number of ether oxygens (including phenoxy) is 1. The minimum atomic E-state index is -0.258. The van der Waals surface area contributed by atoms with Crippen molar-refractivity contribution in [2.75, 3.05) is 0 Å². The van der Waals surface area contributed by atoms with Crippen LogP contribution in [0.1, 0.15) is 13.3 Å². The summed E-state index contributed by atoms with van der Waals surface area (Å²) in [5.74, 6) is 0.199. The third-order valence-electron chi connectivity index (χ3n) is 2.55. The topological polar surface area (TPSA) is 43.4 Å². The van der Waals surface area contributed by atoms with Crippen LogP contribution in [0, 0.1) is 11.8 Å². The molecule has 0 spiro atoms. The summed E-state index contributed by atoms with van der Waals surface area (Å²) in [6, 6.07) is 0. The zero-order valence-electron chi connectivity index (χ0n) is 6.82. The van der Waals surface area contributed by atoms with Gasteiger partial charge in [-0.2, -0.15) is 0 Å². The lowest BCUT2D eigenvalue weighted by molar-refractivity contribution is -0.159. The van der Waals surface area contributed by atoms with E-state index in [-0.39, 0.29) is 29.7 Å². The molecule has 0 saturated heterocycles. The summed E-state index contributed by atoms with van der Waals surface area (Å²) in [4.78, 5) is 21.6. The second-order valence-electron chi connectivity index (χ2n) is 3.33. The summed E-state index contributed by atoms with van der Waals surface area (Å²) in [5.41, 5.74) is 0. The molecular weight excluding hydrogens is 156 g/mol. The van der Waals surface area contributed by atoms with Gasteiger partial charge in [-0.1, -0.05) is 6.08 Å². The minimum absolute atomic E-state index is 0.0461.